The predicted octanol–water partition coefficient (Wildman–Crippen LogP) is 3.08. The van der Waals surface area contributed by atoms with Gasteiger partial charge in [-0.3, -0.25) is 14.4 Å². The molecule has 0 aliphatic heterocycles. The van der Waals surface area contributed by atoms with E-state index in [2.05, 4.69) is 6.92 Å². The Morgan fingerprint density at radius 2 is 1.96 bits per heavy atom. The molecule has 4 heteroatoms. The number of rotatable bonds is 2. The lowest BCUT2D eigenvalue weighted by Crippen LogP contribution is -2.56. The van der Waals surface area contributed by atoms with Gasteiger partial charge in [0.25, 0.3) is 0 Å². The van der Waals surface area contributed by atoms with Crippen LogP contribution >= 0.6 is 0 Å². The summed E-state index contributed by atoms with van der Waals surface area (Å²) in [5.41, 5.74) is 0.127. The number of hydrogen-bond donors (Lipinski definition) is 0. The first-order chi connectivity index (χ1) is 11.8. The minimum Gasteiger partial charge on any atom is -0.303 e. The maximum absolute atomic E-state index is 13.3. The minimum atomic E-state index is -0.772. The lowest BCUT2D eigenvalue weighted by molar-refractivity contribution is -0.154. The van der Waals surface area contributed by atoms with Gasteiger partial charge in [-0.05, 0) is 62.4 Å². The van der Waals surface area contributed by atoms with Crippen molar-refractivity contribution in [3.05, 3.63) is 11.6 Å². The number of carbonyl (C=O) groups excluding carboxylic acids is 4. The Kier molecular flexibility index (Phi) is 3.68. The van der Waals surface area contributed by atoms with E-state index in [9.17, 15) is 19.2 Å². The molecule has 4 aliphatic rings. The van der Waals surface area contributed by atoms with Crippen molar-refractivity contribution in [1.29, 1.82) is 0 Å². The molecule has 25 heavy (non-hydrogen) atoms. The first-order valence-electron chi connectivity index (χ1n) is 9.57. The van der Waals surface area contributed by atoms with E-state index < -0.39 is 5.41 Å². The van der Waals surface area contributed by atoms with Gasteiger partial charge in [-0.25, -0.2) is 0 Å². The zero-order valence-corrected chi connectivity index (χ0v) is 15.0. The summed E-state index contributed by atoms with van der Waals surface area (Å²) in [6, 6.07) is 0. The summed E-state index contributed by atoms with van der Waals surface area (Å²) in [6.07, 6.45) is 7.48. The highest BCUT2D eigenvalue weighted by molar-refractivity contribution is 5.95. The van der Waals surface area contributed by atoms with E-state index in [0.717, 1.165) is 44.0 Å². The average molecular weight is 342 g/mol. The Balaban J connectivity index is 1.77. The zero-order chi connectivity index (χ0) is 18.0. The van der Waals surface area contributed by atoms with Crippen LogP contribution in [0.1, 0.15) is 58.8 Å². The Labute approximate surface area is 148 Å². The topological polar surface area (TPSA) is 68.3 Å². The third-order valence-corrected chi connectivity index (χ3v) is 7.98. The molecule has 0 radical (unpaired) electrons. The van der Waals surface area contributed by atoms with Crippen molar-refractivity contribution in [3.8, 4) is 0 Å². The van der Waals surface area contributed by atoms with Gasteiger partial charge in [0.1, 0.15) is 17.9 Å². The number of hydrogen-bond acceptors (Lipinski definition) is 4. The van der Waals surface area contributed by atoms with E-state index in [1.54, 1.807) is 13.0 Å². The second-order valence-electron chi connectivity index (χ2n) is 8.95. The Morgan fingerprint density at radius 1 is 1.20 bits per heavy atom. The molecule has 6 atom stereocenters. The van der Waals surface area contributed by atoms with Gasteiger partial charge >= 0.3 is 0 Å². The number of carbonyl (C=O) groups is 4. The number of fused-ring (bicyclic) bond motifs is 5. The second kappa shape index (κ2) is 5.46. The lowest BCUT2D eigenvalue weighted by atomic mass is 9.46. The normalized spacial score (nSPS) is 45.9. The van der Waals surface area contributed by atoms with Crippen LogP contribution in [0.4, 0.5) is 0 Å². The molecule has 0 aromatic carbocycles. The average Bonchev–Trinajstić information content (AvgIpc) is 2.95. The van der Waals surface area contributed by atoms with E-state index in [-0.39, 0.29) is 52.9 Å². The summed E-state index contributed by atoms with van der Waals surface area (Å²) >= 11 is 0. The number of allylic oxidation sites excluding steroid dienone is 1. The molecule has 0 bridgehead atoms. The summed E-state index contributed by atoms with van der Waals surface area (Å²) in [4.78, 5) is 49.4. The van der Waals surface area contributed by atoms with Gasteiger partial charge < -0.3 is 4.79 Å². The molecule has 0 amide bonds. The number of aldehydes is 1. The number of ketones is 3. The quantitative estimate of drug-likeness (QED) is 0.723. The van der Waals surface area contributed by atoms with Crippen molar-refractivity contribution in [2.45, 2.75) is 58.8 Å². The van der Waals surface area contributed by atoms with Crippen LogP contribution in [0, 0.1) is 34.5 Å². The molecule has 3 saturated carbocycles. The molecular formula is C21H26O4. The Bertz CT molecular complexity index is 705. The molecule has 0 aromatic heterocycles. The van der Waals surface area contributed by atoms with Crippen molar-refractivity contribution in [2.24, 2.45) is 34.5 Å². The highest BCUT2D eigenvalue weighted by atomic mass is 16.1. The molecule has 0 saturated heterocycles. The third kappa shape index (κ3) is 2.12. The zero-order valence-electron chi connectivity index (χ0n) is 15.0. The maximum atomic E-state index is 13.3. The van der Waals surface area contributed by atoms with Gasteiger partial charge in [0.05, 0.1) is 0 Å². The smallest absolute Gasteiger partial charge is 0.155 e. The van der Waals surface area contributed by atoms with Crippen LogP contribution in [0.25, 0.3) is 0 Å². The van der Waals surface area contributed by atoms with Crippen molar-refractivity contribution in [3.63, 3.8) is 0 Å². The van der Waals surface area contributed by atoms with Gasteiger partial charge in [0.2, 0.25) is 0 Å². The van der Waals surface area contributed by atoms with E-state index in [0.29, 0.717) is 6.42 Å². The van der Waals surface area contributed by atoms with Crippen molar-refractivity contribution >= 4 is 23.6 Å². The van der Waals surface area contributed by atoms with E-state index >= 15 is 0 Å². The van der Waals surface area contributed by atoms with Crippen molar-refractivity contribution in [1.82, 2.24) is 0 Å². The molecule has 134 valence electrons. The van der Waals surface area contributed by atoms with Crippen LogP contribution < -0.4 is 0 Å². The molecule has 4 rings (SSSR count). The molecule has 0 spiro atoms. The first kappa shape index (κ1) is 16.9. The monoisotopic (exact) mass is 342 g/mol. The fourth-order valence-corrected chi connectivity index (χ4v) is 6.89. The molecule has 4 aliphatic carbocycles. The van der Waals surface area contributed by atoms with Gasteiger partial charge in [-0.1, -0.05) is 12.5 Å². The molecule has 0 aromatic rings. The number of Topliss-reactive ketones (excluding diaryl/α,β-unsaturated/α-hetero) is 2. The maximum Gasteiger partial charge on any atom is 0.155 e. The van der Waals surface area contributed by atoms with Gasteiger partial charge in [-0.15, -0.1) is 0 Å². The van der Waals surface area contributed by atoms with Gasteiger partial charge in [0, 0.05) is 30.1 Å². The van der Waals surface area contributed by atoms with Crippen LogP contribution in [0.2, 0.25) is 0 Å². The highest BCUT2D eigenvalue weighted by Gasteiger charge is 2.64. The minimum absolute atomic E-state index is 0.0479. The Hall–Kier alpha value is -1.58. The summed E-state index contributed by atoms with van der Waals surface area (Å²) in [5, 5.41) is 0. The largest absolute Gasteiger partial charge is 0.303 e. The summed E-state index contributed by atoms with van der Waals surface area (Å²) < 4.78 is 0. The summed E-state index contributed by atoms with van der Waals surface area (Å²) in [7, 11) is 0. The Morgan fingerprint density at radius 3 is 2.64 bits per heavy atom. The first-order valence-corrected chi connectivity index (χ1v) is 9.57. The summed E-state index contributed by atoms with van der Waals surface area (Å²) in [5.74, 6) is 0.287. The molecule has 0 heterocycles. The van der Waals surface area contributed by atoms with Crippen LogP contribution in [0.3, 0.4) is 0 Å². The van der Waals surface area contributed by atoms with Crippen LogP contribution in [0.5, 0.6) is 0 Å². The molecular weight excluding hydrogens is 316 g/mol. The van der Waals surface area contributed by atoms with Crippen molar-refractivity contribution in [2.75, 3.05) is 0 Å². The third-order valence-electron chi connectivity index (χ3n) is 7.98. The highest BCUT2D eigenvalue weighted by Crippen LogP contribution is 2.65. The van der Waals surface area contributed by atoms with E-state index in [4.69, 9.17) is 0 Å². The van der Waals surface area contributed by atoms with E-state index in [1.165, 1.54) is 0 Å². The fraction of sp³-hybridized carbons (Fsp3) is 0.714. The van der Waals surface area contributed by atoms with Crippen LogP contribution in [0.15, 0.2) is 11.6 Å². The predicted molar refractivity (Wildman–Crippen MR) is 91.7 cm³/mol. The van der Waals surface area contributed by atoms with Crippen LogP contribution in [-0.2, 0) is 19.2 Å². The van der Waals surface area contributed by atoms with Crippen LogP contribution in [-0.4, -0.2) is 23.6 Å². The SMILES string of the molecule is CC(=O)[C@H]1CC[C@H]2[C@@H]3CCC4=CC(=O)CC[C@]4(C)[C@H]3C(=O)C[C@]12C=O. The standard InChI is InChI=1S/C21H26O4/c1-12(23)16-5-6-17-15-4-3-13-9-14(24)7-8-20(13,2)19(15)18(25)10-21(16,17)11-22/h9,11,15-17,19H,3-8,10H2,1-2H3/t15-,16+,17-,19+,20-,21-/m0/s1. The van der Waals surface area contributed by atoms with Gasteiger partial charge in [0.15, 0.2) is 5.78 Å². The molecule has 0 N–H and O–H groups in total. The molecule has 4 nitrogen and oxygen atoms in total. The second-order valence-corrected chi connectivity index (χ2v) is 8.95. The van der Waals surface area contributed by atoms with Gasteiger partial charge in [-0.2, -0.15) is 0 Å². The summed E-state index contributed by atoms with van der Waals surface area (Å²) in [6.45, 7) is 3.70. The fourth-order valence-electron chi connectivity index (χ4n) is 6.89. The van der Waals surface area contributed by atoms with Crippen molar-refractivity contribution < 1.29 is 19.2 Å². The van der Waals surface area contributed by atoms with E-state index in [1.807, 2.05) is 0 Å². The molecule has 3 fully saturated rings. The molecule has 0 unspecified atom stereocenters. The lowest BCUT2D eigenvalue weighted by Gasteiger charge is -2.56.